The number of hydrogen-bond donors (Lipinski definition) is 0. The number of hydrogen-bond acceptors (Lipinski definition) is 6. The second-order valence-corrected chi connectivity index (χ2v) is 21.3. The molecule has 0 amide bonds. The summed E-state index contributed by atoms with van der Waals surface area (Å²) in [6, 6.07) is 0. The summed E-state index contributed by atoms with van der Waals surface area (Å²) < 4.78 is 16.9. The Bertz CT molecular complexity index is 1680. The lowest BCUT2D eigenvalue weighted by Crippen LogP contribution is -2.30. The van der Waals surface area contributed by atoms with Crippen molar-refractivity contribution >= 4 is 17.9 Å². The van der Waals surface area contributed by atoms with Crippen LogP contribution in [0.5, 0.6) is 0 Å². The standard InChI is InChI=1S/C73H120O6/c1-4-7-10-13-16-19-22-25-28-29-30-31-32-33-34-35-36-37-38-39-40-41-42-43-46-48-51-54-57-60-63-66-72(75)78-69-70(79-73(76)67-64-61-58-55-52-49-45-27-24-21-18-15-12-9-6-3)68-77-71(74)65-62-59-56-53-50-47-44-26-23-20-17-14-11-8-5-2/h7,9-10,12,16-21,25-28,30-31,33-34,44-45,52,55,70H,4-6,8,11,13-15,22-24,29,32,35-43,46-51,53-54,56-69H2,1-3H3/b10-7-,12-9-,19-16-,20-17-,21-18-,28-25-,31-30-,34-33-,44-26-,45-27-,55-52-. The smallest absolute Gasteiger partial charge is 0.306 e. The highest BCUT2D eigenvalue weighted by atomic mass is 16.6. The average molecular weight is 1090 g/mol. The van der Waals surface area contributed by atoms with Gasteiger partial charge in [0.15, 0.2) is 6.10 Å². The second-order valence-electron chi connectivity index (χ2n) is 21.3. The topological polar surface area (TPSA) is 78.9 Å². The predicted octanol–water partition coefficient (Wildman–Crippen LogP) is 22.5. The van der Waals surface area contributed by atoms with E-state index in [0.717, 1.165) is 135 Å². The van der Waals surface area contributed by atoms with Crippen molar-refractivity contribution in [1.29, 1.82) is 0 Å². The molecule has 6 nitrogen and oxygen atoms in total. The lowest BCUT2D eigenvalue weighted by Gasteiger charge is -2.18. The summed E-state index contributed by atoms with van der Waals surface area (Å²) >= 11 is 0. The van der Waals surface area contributed by atoms with Gasteiger partial charge in [-0.1, -0.05) is 270 Å². The molecule has 79 heavy (non-hydrogen) atoms. The molecule has 448 valence electrons. The van der Waals surface area contributed by atoms with Crippen LogP contribution < -0.4 is 0 Å². The molecule has 6 heteroatoms. The number of esters is 3. The first-order chi connectivity index (χ1) is 39.0. The quantitative estimate of drug-likeness (QED) is 0.0261. The van der Waals surface area contributed by atoms with Crippen molar-refractivity contribution in [3.8, 4) is 0 Å². The average Bonchev–Trinajstić information content (AvgIpc) is 3.45. The summed E-state index contributed by atoms with van der Waals surface area (Å²) in [7, 11) is 0. The van der Waals surface area contributed by atoms with Crippen LogP contribution in [0.1, 0.15) is 290 Å². The van der Waals surface area contributed by atoms with Gasteiger partial charge in [-0.25, -0.2) is 0 Å². The number of unbranched alkanes of at least 4 members (excludes halogenated alkanes) is 25. The zero-order valence-electron chi connectivity index (χ0n) is 51.3. The van der Waals surface area contributed by atoms with Crippen molar-refractivity contribution < 1.29 is 28.6 Å². The molecule has 0 aliphatic carbocycles. The van der Waals surface area contributed by atoms with E-state index < -0.39 is 6.10 Å². The first kappa shape index (κ1) is 74.5. The van der Waals surface area contributed by atoms with Crippen LogP contribution in [-0.4, -0.2) is 37.2 Å². The van der Waals surface area contributed by atoms with E-state index in [1.165, 1.54) is 109 Å². The van der Waals surface area contributed by atoms with Crippen molar-refractivity contribution in [1.82, 2.24) is 0 Å². The Kier molecular flexibility index (Phi) is 62.3. The highest BCUT2D eigenvalue weighted by molar-refractivity contribution is 5.71. The van der Waals surface area contributed by atoms with E-state index in [1.54, 1.807) is 0 Å². The molecule has 0 aliphatic heterocycles. The van der Waals surface area contributed by atoms with Crippen LogP contribution in [0.25, 0.3) is 0 Å². The fourth-order valence-corrected chi connectivity index (χ4v) is 8.79. The Hall–Kier alpha value is -4.45. The van der Waals surface area contributed by atoms with Gasteiger partial charge in [-0.3, -0.25) is 14.4 Å². The summed E-state index contributed by atoms with van der Waals surface area (Å²) in [6.45, 7) is 6.35. The van der Waals surface area contributed by atoms with Crippen molar-refractivity contribution in [2.45, 2.75) is 297 Å². The van der Waals surface area contributed by atoms with Crippen LogP contribution in [0.4, 0.5) is 0 Å². The molecule has 0 aromatic heterocycles. The first-order valence-electron chi connectivity index (χ1n) is 32.7. The fourth-order valence-electron chi connectivity index (χ4n) is 8.79. The van der Waals surface area contributed by atoms with Crippen molar-refractivity contribution in [3.63, 3.8) is 0 Å². The van der Waals surface area contributed by atoms with Gasteiger partial charge in [-0.15, -0.1) is 0 Å². The van der Waals surface area contributed by atoms with Gasteiger partial charge in [0.05, 0.1) is 0 Å². The number of ether oxygens (including phenoxy) is 3. The van der Waals surface area contributed by atoms with Crippen LogP contribution in [0.3, 0.4) is 0 Å². The summed E-state index contributed by atoms with van der Waals surface area (Å²) in [4.78, 5) is 38.3. The molecule has 0 saturated carbocycles. The molecule has 0 aromatic rings. The molecule has 0 spiro atoms. The maximum absolute atomic E-state index is 12.9. The van der Waals surface area contributed by atoms with Crippen LogP contribution in [0.2, 0.25) is 0 Å². The van der Waals surface area contributed by atoms with E-state index >= 15 is 0 Å². The summed E-state index contributed by atoms with van der Waals surface area (Å²) in [5.41, 5.74) is 0. The third-order valence-electron chi connectivity index (χ3n) is 13.6. The van der Waals surface area contributed by atoms with Gasteiger partial charge < -0.3 is 14.2 Å². The molecule has 1 atom stereocenters. The third-order valence-corrected chi connectivity index (χ3v) is 13.6. The van der Waals surface area contributed by atoms with Gasteiger partial charge in [-0.05, 0) is 135 Å². The molecule has 0 rings (SSSR count). The van der Waals surface area contributed by atoms with E-state index in [-0.39, 0.29) is 37.5 Å². The zero-order chi connectivity index (χ0) is 57.1. The number of allylic oxidation sites excluding steroid dienone is 22. The Morgan fingerprint density at radius 1 is 0.266 bits per heavy atom. The van der Waals surface area contributed by atoms with Gasteiger partial charge in [0.2, 0.25) is 0 Å². The van der Waals surface area contributed by atoms with E-state index in [1.807, 2.05) is 0 Å². The maximum Gasteiger partial charge on any atom is 0.306 e. The van der Waals surface area contributed by atoms with E-state index in [2.05, 4.69) is 154 Å². The Morgan fingerprint density at radius 2 is 0.494 bits per heavy atom. The van der Waals surface area contributed by atoms with Gasteiger partial charge in [0, 0.05) is 19.3 Å². The molecule has 0 heterocycles. The second kappa shape index (κ2) is 66.1. The molecular weight excluding hydrogens is 973 g/mol. The van der Waals surface area contributed by atoms with Gasteiger partial charge >= 0.3 is 17.9 Å². The Labute approximate surface area is 487 Å². The number of carbonyl (C=O) groups is 3. The van der Waals surface area contributed by atoms with Gasteiger partial charge in [0.1, 0.15) is 13.2 Å². The first-order valence-corrected chi connectivity index (χ1v) is 32.7. The molecule has 0 fully saturated rings. The maximum atomic E-state index is 12.9. The normalized spacial score (nSPS) is 13.0. The van der Waals surface area contributed by atoms with E-state index in [9.17, 15) is 14.4 Å². The van der Waals surface area contributed by atoms with Gasteiger partial charge in [0.25, 0.3) is 0 Å². The minimum atomic E-state index is -0.810. The monoisotopic (exact) mass is 1090 g/mol. The van der Waals surface area contributed by atoms with Crippen molar-refractivity contribution in [2.75, 3.05) is 13.2 Å². The molecule has 0 aliphatic rings. The zero-order valence-corrected chi connectivity index (χ0v) is 51.3. The summed E-state index contributed by atoms with van der Waals surface area (Å²) in [5.74, 6) is -0.954. The Morgan fingerprint density at radius 3 is 0.797 bits per heavy atom. The summed E-state index contributed by atoms with van der Waals surface area (Å²) in [5, 5.41) is 0. The van der Waals surface area contributed by atoms with Crippen molar-refractivity contribution in [3.05, 3.63) is 134 Å². The summed E-state index contributed by atoms with van der Waals surface area (Å²) in [6.07, 6.45) is 93.3. The van der Waals surface area contributed by atoms with Crippen molar-refractivity contribution in [2.24, 2.45) is 0 Å². The van der Waals surface area contributed by atoms with Crippen LogP contribution in [-0.2, 0) is 28.6 Å². The SMILES string of the molecule is CC/C=C\C/C=C\C/C=C\C/C=C\C/C=C\CCCCCCCCCCCCCCCCCC(=O)OCC(COC(=O)CCCCCCC/C=C\C/C=C\CCCCC)OC(=O)CCCC/C=C\C/C=C\C/C=C\C/C=C\CC. The molecule has 0 bridgehead atoms. The third kappa shape index (κ3) is 64.3. The largest absolute Gasteiger partial charge is 0.462 e. The minimum absolute atomic E-state index is 0.101. The lowest BCUT2D eigenvalue weighted by atomic mass is 10.0. The van der Waals surface area contributed by atoms with E-state index in [0.29, 0.717) is 19.3 Å². The highest BCUT2D eigenvalue weighted by Crippen LogP contribution is 2.16. The molecule has 0 radical (unpaired) electrons. The molecule has 0 aromatic carbocycles. The van der Waals surface area contributed by atoms with E-state index in [4.69, 9.17) is 14.2 Å². The molecule has 0 saturated heterocycles. The van der Waals surface area contributed by atoms with Crippen LogP contribution >= 0.6 is 0 Å². The Balaban J connectivity index is 4.28. The minimum Gasteiger partial charge on any atom is -0.462 e. The number of carbonyl (C=O) groups excluding carboxylic acids is 3. The van der Waals surface area contributed by atoms with Gasteiger partial charge in [-0.2, -0.15) is 0 Å². The van der Waals surface area contributed by atoms with Crippen LogP contribution in [0, 0.1) is 0 Å². The lowest BCUT2D eigenvalue weighted by molar-refractivity contribution is -0.167. The number of rotatable bonds is 58. The molecule has 1 unspecified atom stereocenters. The fraction of sp³-hybridized carbons (Fsp3) is 0.658. The van der Waals surface area contributed by atoms with Crippen LogP contribution in [0.15, 0.2) is 134 Å². The molecule has 0 N–H and O–H groups in total. The predicted molar refractivity (Wildman–Crippen MR) is 343 cm³/mol. The highest BCUT2D eigenvalue weighted by Gasteiger charge is 2.19. The molecular formula is C73H120O6.